The average Bonchev–Trinajstić information content (AvgIpc) is 2.89. The van der Waals surface area contributed by atoms with Crippen molar-refractivity contribution in [2.75, 3.05) is 13.2 Å². The third-order valence-electron chi connectivity index (χ3n) is 4.10. The van der Waals surface area contributed by atoms with Crippen LogP contribution < -0.4 is 5.32 Å². The van der Waals surface area contributed by atoms with E-state index in [0.717, 1.165) is 25.9 Å². The molecule has 0 saturated heterocycles. The normalized spacial score (nSPS) is 13.8. The maximum absolute atomic E-state index is 9.55. The fourth-order valence-electron chi connectivity index (χ4n) is 2.04. The number of nitrogens with one attached hydrogen (secondary N) is 1. The molecule has 1 rings (SSSR count). The van der Waals surface area contributed by atoms with Crippen LogP contribution in [-0.2, 0) is 6.54 Å². The van der Waals surface area contributed by atoms with E-state index in [0.29, 0.717) is 0 Å². The largest absolute Gasteiger partial charge is 0.396 e. The molecule has 0 aliphatic heterocycles. The summed E-state index contributed by atoms with van der Waals surface area (Å²) in [6.45, 7) is 10.5. The second-order valence-electron chi connectivity index (χ2n) is 5.10. The van der Waals surface area contributed by atoms with Crippen molar-refractivity contribution in [3.05, 3.63) is 18.0 Å². The fraction of sp³-hybridized carbons (Fsp3) is 0.786. The zero-order chi connectivity index (χ0) is 13.6. The molecule has 1 unspecified atom stereocenters. The summed E-state index contributed by atoms with van der Waals surface area (Å²) >= 11 is 0. The van der Waals surface area contributed by atoms with Crippen LogP contribution in [0, 0.1) is 5.41 Å². The highest BCUT2D eigenvalue weighted by Crippen LogP contribution is 2.25. The molecule has 2 N–H and O–H groups in total. The lowest BCUT2D eigenvalue weighted by molar-refractivity contribution is 0.110. The third-order valence-corrected chi connectivity index (χ3v) is 4.10. The zero-order valence-electron chi connectivity index (χ0n) is 12.1. The summed E-state index contributed by atoms with van der Waals surface area (Å²) in [5.74, 6) is 0. The number of aliphatic hydroxyl groups is 1. The number of hydrogen-bond donors (Lipinski definition) is 2. The van der Waals surface area contributed by atoms with Crippen molar-refractivity contribution in [2.24, 2.45) is 5.41 Å². The van der Waals surface area contributed by atoms with Crippen molar-refractivity contribution in [1.29, 1.82) is 0 Å². The Bertz CT molecular complexity index is 336. The Morgan fingerprint density at radius 3 is 2.50 bits per heavy atom. The van der Waals surface area contributed by atoms with E-state index in [9.17, 15) is 5.11 Å². The SMILES string of the molecule is CCn1cc(C(C)NCC(CC)(CC)CO)cn1. The number of aliphatic hydroxyl groups excluding tert-OH is 1. The van der Waals surface area contributed by atoms with E-state index in [-0.39, 0.29) is 18.1 Å². The molecule has 0 amide bonds. The van der Waals surface area contributed by atoms with Gasteiger partial charge < -0.3 is 10.4 Å². The van der Waals surface area contributed by atoms with Crippen LogP contribution in [0.2, 0.25) is 0 Å². The molecule has 0 aromatic carbocycles. The van der Waals surface area contributed by atoms with E-state index in [4.69, 9.17) is 0 Å². The molecule has 18 heavy (non-hydrogen) atoms. The highest BCUT2D eigenvalue weighted by atomic mass is 16.3. The number of hydrogen-bond acceptors (Lipinski definition) is 3. The number of aromatic nitrogens is 2. The van der Waals surface area contributed by atoms with Gasteiger partial charge in [-0.25, -0.2) is 0 Å². The minimum absolute atomic E-state index is 0.00894. The summed E-state index contributed by atoms with van der Waals surface area (Å²) in [5.41, 5.74) is 1.21. The van der Waals surface area contributed by atoms with E-state index in [1.54, 1.807) is 0 Å². The summed E-state index contributed by atoms with van der Waals surface area (Å²) in [6, 6.07) is 0.273. The molecular weight excluding hydrogens is 226 g/mol. The minimum atomic E-state index is 0.00894. The van der Waals surface area contributed by atoms with Crippen molar-refractivity contribution in [3.63, 3.8) is 0 Å². The molecule has 0 spiro atoms. The summed E-state index contributed by atoms with van der Waals surface area (Å²) in [6.07, 6.45) is 5.98. The average molecular weight is 253 g/mol. The molecule has 4 nitrogen and oxygen atoms in total. The van der Waals surface area contributed by atoms with Crippen molar-refractivity contribution < 1.29 is 5.11 Å². The Morgan fingerprint density at radius 2 is 2.06 bits per heavy atom. The number of rotatable bonds is 8. The van der Waals surface area contributed by atoms with Crippen LogP contribution in [0.3, 0.4) is 0 Å². The standard InChI is InChI=1S/C14H27N3O/c1-5-14(6-2,11-18)10-15-12(4)13-8-16-17(7-3)9-13/h8-9,12,15,18H,5-7,10-11H2,1-4H3. The lowest BCUT2D eigenvalue weighted by Crippen LogP contribution is -2.37. The Hall–Kier alpha value is -0.870. The monoisotopic (exact) mass is 253 g/mol. The van der Waals surface area contributed by atoms with E-state index >= 15 is 0 Å². The van der Waals surface area contributed by atoms with Crippen LogP contribution in [-0.4, -0.2) is 28.0 Å². The van der Waals surface area contributed by atoms with Gasteiger partial charge in [-0.15, -0.1) is 0 Å². The molecule has 0 fully saturated rings. The molecule has 1 heterocycles. The lowest BCUT2D eigenvalue weighted by Gasteiger charge is -2.31. The van der Waals surface area contributed by atoms with E-state index in [1.807, 2.05) is 10.9 Å². The molecule has 1 aromatic heterocycles. The smallest absolute Gasteiger partial charge is 0.0537 e. The van der Waals surface area contributed by atoms with E-state index < -0.39 is 0 Å². The van der Waals surface area contributed by atoms with Crippen LogP contribution in [0.5, 0.6) is 0 Å². The van der Waals surface area contributed by atoms with Gasteiger partial charge in [0.2, 0.25) is 0 Å². The zero-order valence-corrected chi connectivity index (χ0v) is 12.1. The summed E-state index contributed by atoms with van der Waals surface area (Å²) < 4.78 is 1.94. The fourth-order valence-corrected chi connectivity index (χ4v) is 2.04. The predicted molar refractivity (Wildman–Crippen MR) is 74.4 cm³/mol. The Labute approximate surface area is 110 Å². The lowest BCUT2D eigenvalue weighted by atomic mass is 9.83. The van der Waals surface area contributed by atoms with Gasteiger partial charge in [0.1, 0.15) is 0 Å². The van der Waals surface area contributed by atoms with E-state index in [1.165, 1.54) is 5.56 Å². The molecule has 4 heteroatoms. The third kappa shape index (κ3) is 3.56. The first-order valence-corrected chi connectivity index (χ1v) is 6.97. The second-order valence-corrected chi connectivity index (χ2v) is 5.10. The van der Waals surface area contributed by atoms with Crippen LogP contribution in [0.4, 0.5) is 0 Å². The Balaban J connectivity index is 2.56. The number of nitrogens with zero attached hydrogens (tertiary/aromatic N) is 2. The minimum Gasteiger partial charge on any atom is -0.396 e. The van der Waals surface area contributed by atoms with Gasteiger partial charge in [0, 0.05) is 42.9 Å². The molecular formula is C14H27N3O. The summed E-state index contributed by atoms with van der Waals surface area (Å²) in [4.78, 5) is 0. The van der Waals surface area contributed by atoms with Gasteiger partial charge >= 0.3 is 0 Å². The van der Waals surface area contributed by atoms with Crippen molar-refractivity contribution in [3.8, 4) is 0 Å². The van der Waals surface area contributed by atoms with Crippen LogP contribution in [0.15, 0.2) is 12.4 Å². The van der Waals surface area contributed by atoms with Gasteiger partial charge in [-0.2, -0.15) is 5.10 Å². The first-order chi connectivity index (χ1) is 8.60. The molecule has 1 aromatic rings. The van der Waals surface area contributed by atoms with Crippen molar-refractivity contribution in [1.82, 2.24) is 15.1 Å². The summed E-state index contributed by atoms with van der Waals surface area (Å²) in [5, 5.41) is 17.4. The van der Waals surface area contributed by atoms with Gasteiger partial charge in [-0.05, 0) is 26.7 Å². The van der Waals surface area contributed by atoms with Crippen LogP contribution in [0.25, 0.3) is 0 Å². The molecule has 0 radical (unpaired) electrons. The summed E-state index contributed by atoms with van der Waals surface area (Å²) in [7, 11) is 0. The van der Waals surface area contributed by atoms with Crippen molar-refractivity contribution >= 4 is 0 Å². The maximum Gasteiger partial charge on any atom is 0.0537 e. The van der Waals surface area contributed by atoms with Crippen LogP contribution in [0.1, 0.15) is 52.1 Å². The first-order valence-electron chi connectivity index (χ1n) is 6.97. The molecule has 0 aliphatic carbocycles. The van der Waals surface area contributed by atoms with Gasteiger partial charge in [-0.1, -0.05) is 13.8 Å². The highest BCUT2D eigenvalue weighted by molar-refractivity contribution is 5.09. The van der Waals surface area contributed by atoms with Gasteiger partial charge in [0.05, 0.1) is 6.20 Å². The van der Waals surface area contributed by atoms with Gasteiger partial charge in [0.15, 0.2) is 0 Å². The first kappa shape index (κ1) is 15.2. The maximum atomic E-state index is 9.55. The van der Waals surface area contributed by atoms with Crippen molar-refractivity contribution in [2.45, 2.75) is 53.1 Å². The molecule has 1 atom stereocenters. The van der Waals surface area contributed by atoms with Crippen LogP contribution >= 0.6 is 0 Å². The Morgan fingerprint density at radius 1 is 1.39 bits per heavy atom. The van der Waals surface area contributed by atoms with E-state index in [2.05, 4.69) is 44.3 Å². The topological polar surface area (TPSA) is 50.1 Å². The highest BCUT2D eigenvalue weighted by Gasteiger charge is 2.25. The second kappa shape index (κ2) is 6.90. The number of aryl methyl sites for hydroxylation is 1. The van der Waals surface area contributed by atoms with Gasteiger partial charge in [0.25, 0.3) is 0 Å². The van der Waals surface area contributed by atoms with Gasteiger partial charge in [-0.3, -0.25) is 4.68 Å². The predicted octanol–water partition coefficient (Wildman–Crippen LogP) is 2.35. The molecule has 0 bridgehead atoms. The molecule has 0 aliphatic rings. The Kier molecular flexibility index (Phi) is 5.82. The molecule has 104 valence electrons. The molecule has 0 saturated carbocycles. The quantitative estimate of drug-likeness (QED) is 0.747.